The molecule has 0 aliphatic heterocycles. The topological polar surface area (TPSA) is 17.6 Å². The number of hydrogen-bond acceptors (Lipinski definition) is 1. The van der Waals surface area contributed by atoms with Gasteiger partial charge in [0.15, 0.2) is 5.76 Å². The maximum Gasteiger partial charge on any atom is 0.157 e. The minimum atomic E-state index is 0. The fourth-order valence-electron chi connectivity index (χ4n) is 1.23. The molecule has 0 bridgehead atoms. The Morgan fingerprint density at radius 2 is 1.86 bits per heavy atom. The van der Waals surface area contributed by atoms with Crippen LogP contribution < -0.4 is 17.3 Å². The fraction of sp³-hybridized carbons (Fsp3) is 0.556. The molecule has 0 atom stereocenters. The second-order valence-electron chi connectivity index (χ2n) is 2.88. The van der Waals surface area contributed by atoms with E-state index in [0.29, 0.717) is 11.8 Å². The number of furan rings is 1. The quantitative estimate of drug-likeness (QED) is 0.593. The van der Waals surface area contributed by atoms with Gasteiger partial charge < -0.3 is 21.7 Å². The number of alkyl halides is 2. The normalized spacial score (nSPS) is 10.2. The van der Waals surface area contributed by atoms with E-state index in [4.69, 9.17) is 27.6 Å². The van der Waals surface area contributed by atoms with Gasteiger partial charge in [0.25, 0.3) is 0 Å². The summed E-state index contributed by atoms with van der Waals surface area (Å²) >= 11 is 11.4. The minimum Gasteiger partial charge on any atom is -1.00 e. The molecular formula is C9H14Cl3NO. The van der Waals surface area contributed by atoms with Crippen LogP contribution in [0.3, 0.4) is 0 Å². The van der Waals surface area contributed by atoms with Crippen LogP contribution in [-0.4, -0.2) is 24.8 Å². The number of halogens is 3. The predicted octanol–water partition coefficient (Wildman–Crippen LogP) is -1.85. The Labute approximate surface area is 101 Å². The van der Waals surface area contributed by atoms with Gasteiger partial charge in [-0.25, -0.2) is 0 Å². The molecule has 82 valence electrons. The van der Waals surface area contributed by atoms with E-state index in [9.17, 15) is 0 Å². The van der Waals surface area contributed by atoms with E-state index in [1.807, 2.05) is 12.1 Å². The van der Waals surface area contributed by atoms with Gasteiger partial charge >= 0.3 is 0 Å². The zero-order valence-corrected chi connectivity index (χ0v) is 10.1. The number of nitrogens with one attached hydrogen (secondary N) is 1. The Kier molecular flexibility index (Phi) is 8.49. The van der Waals surface area contributed by atoms with Crippen molar-refractivity contribution >= 4 is 23.2 Å². The van der Waals surface area contributed by atoms with E-state index in [0.717, 1.165) is 25.4 Å². The Morgan fingerprint density at radius 3 is 2.29 bits per heavy atom. The second-order valence-corrected chi connectivity index (χ2v) is 3.64. The molecule has 0 saturated carbocycles. The summed E-state index contributed by atoms with van der Waals surface area (Å²) in [6, 6.07) is 3.87. The lowest BCUT2D eigenvalue weighted by Crippen LogP contribution is -3.11. The average Bonchev–Trinajstić information content (AvgIpc) is 2.58. The van der Waals surface area contributed by atoms with Crippen LogP contribution in [0.1, 0.15) is 5.76 Å². The van der Waals surface area contributed by atoms with Crippen LogP contribution in [0.2, 0.25) is 0 Å². The van der Waals surface area contributed by atoms with E-state index >= 15 is 0 Å². The van der Waals surface area contributed by atoms with Crippen molar-refractivity contribution in [3.05, 3.63) is 24.2 Å². The highest BCUT2D eigenvalue weighted by atomic mass is 35.5. The molecule has 0 spiro atoms. The molecule has 1 aromatic heterocycles. The van der Waals surface area contributed by atoms with E-state index in [1.54, 1.807) is 6.26 Å². The summed E-state index contributed by atoms with van der Waals surface area (Å²) in [4.78, 5) is 1.36. The summed E-state index contributed by atoms with van der Waals surface area (Å²) in [6.07, 6.45) is 1.69. The van der Waals surface area contributed by atoms with Crippen molar-refractivity contribution in [1.82, 2.24) is 0 Å². The third kappa shape index (κ3) is 5.11. The average molecular weight is 259 g/mol. The van der Waals surface area contributed by atoms with Gasteiger partial charge in [-0.05, 0) is 12.1 Å². The third-order valence-corrected chi connectivity index (χ3v) is 2.28. The van der Waals surface area contributed by atoms with Gasteiger partial charge in [0, 0.05) is 0 Å². The van der Waals surface area contributed by atoms with Gasteiger partial charge in [0.2, 0.25) is 0 Å². The molecule has 0 aromatic carbocycles. The molecule has 1 rings (SSSR count). The molecule has 0 aliphatic rings. The molecule has 1 N–H and O–H groups in total. The van der Waals surface area contributed by atoms with Crippen molar-refractivity contribution in [2.45, 2.75) is 6.54 Å². The Hall–Kier alpha value is 0.110. The molecule has 14 heavy (non-hydrogen) atoms. The summed E-state index contributed by atoms with van der Waals surface area (Å²) in [5.41, 5.74) is 0. The first-order valence-electron chi connectivity index (χ1n) is 4.34. The summed E-state index contributed by atoms with van der Waals surface area (Å²) in [5, 5.41) is 0. The van der Waals surface area contributed by atoms with E-state index in [2.05, 4.69) is 0 Å². The van der Waals surface area contributed by atoms with Gasteiger partial charge in [-0.1, -0.05) is 0 Å². The van der Waals surface area contributed by atoms with Gasteiger partial charge in [0.1, 0.15) is 6.54 Å². The smallest absolute Gasteiger partial charge is 0.157 e. The van der Waals surface area contributed by atoms with Crippen molar-refractivity contribution in [3.8, 4) is 0 Å². The first-order valence-corrected chi connectivity index (χ1v) is 5.41. The zero-order valence-electron chi connectivity index (χ0n) is 7.81. The first-order chi connectivity index (χ1) is 6.36. The molecular weight excluding hydrogens is 244 g/mol. The lowest BCUT2D eigenvalue weighted by atomic mass is 10.4. The van der Waals surface area contributed by atoms with Crippen LogP contribution in [0.15, 0.2) is 22.8 Å². The summed E-state index contributed by atoms with van der Waals surface area (Å²) in [6.45, 7) is 2.72. The van der Waals surface area contributed by atoms with Gasteiger partial charge in [0.05, 0.1) is 31.1 Å². The summed E-state index contributed by atoms with van der Waals surface area (Å²) in [5.74, 6) is 2.31. The number of hydrogen-bond donors (Lipinski definition) is 1. The number of rotatable bonds is 6. The largest absolute Gasteiger partial charge is 1.00 e. The van der Waals surface area contributed by atoms with Crippen molar-refractivity contribution in [2.24, 2.45) is 0 Å². The van der Waals surface area contributed by atoms with Crippen molar-refractivity contribution < 1.29 is 21.7 Å². The van der Waals surface area contributed by atoms with Crippen LogP contribution in [0.4, 0.5) is 0 Å². The molecule has 0 unspecified atom stereocenters. The van der Waals surface area contributed by atoms with Crippen molar-refractivity contribution in [2.75, 3.05) is 24.8 Å². The standard InChI is InChI=1S/C9H13Cl2NO.ClH/c10-3-5-12(6-4-11)8-9-2-1-7-13-9;/h1-2,7H,3-6,8H2;1H. The first kappa shape index (κ1) is 14.1. The van der Waals surface area contributed by atoms with Crippen LogP contribution in [0.25, 0.3) is 0 Å². The number of quaternary nitrogens is 1. The molecule has 0 saturated heterocycles. The van der Waals surface area contributed by atoms with E-state index < -0.39 is 0 Å². The third-order valence-electron chi connectivity index (χ3n) is 1.90. The molecule has 2 nitrogen and oxygen atoms in total. The molecule has 1 heterocycles. The molecule has 5 heteroatoms. The van der Waals surface area contributed by atoms with Crippen molar-refractivity contribution in [3.63, 3.8) is 0 Å². The summed E-state index contributed by atoms with van der Waals surface area (Å²) in [7, 11) is 0. The zero-order chi connectivity index (χ0) is 9.52. The summed E-state index contributed by atoms with van der Waals surface area (Å²) < 4.78 is 5.25. The highest BCUT2D eigenvalue weighted by Gasteiger charge is 2.09. The van der Waals surface area contributed by atoms with Crippen LogP contribution in [0.5, 0.6) is 0 Å². The molecule has 1 aromatic rings. The lowest BCUT2D eigenvalue weighted by molar-refractivity contribution is -0.910. The Bertz CT molecular complexity index is 210. The second kappa shape index (κ2) is 8.42. The van der Waals surface area contributed by atoms with Crippen LogP contribution in [-0.2, 0) is 6.54 Å². The molecule has 0 radical (unpaired) electrons. The fourth-order valence-corrected chi connectivity index (χ4v) is 1.76. The predicted molar refractivity (Wildman–Crippen MR) is 54.5 cm³/mol. The van der Waals surface area contributed by atoms with E-state index in [-0.39, 0.29) is 12.4 Å². The maximum absolute atomic E-state index is 5.68. The SMILES string of the molecule is ClCC[NH+](CCCl)Cc1ccco1.[Cl-]. The molecule has 0 amide bonds. The van der Waals surface area contributed by atoms with Crippen LogP contribution in [0, 0.1) is 0 Å². The Morgan fingerprint density at radius 1 is 1.21 bits per heavy atom. The Balaban J connectivity index is 0.00000169. The molecule has 0 aliphatic carbocycles. The molecule has 0 fully saturated rings. The van der Waals surface area contributed by atoms with Crippen molar-refractivity contribution in [1.29, 1.82) is 0 Å². The van der Waals surface area contributed by atoms with Gasteiger partial charge in [-0.3, -0.25) is 0 Å². The van der Waals surface area contributed by atoms with Gasteiger partial charge in [-0.2, -0.15) is 0 Å². The van der Waals surface area contributed by atoms with Crippen LogP contribution >= 0.6 is 23.2 Å². The van der Waals surface area contributed by atoms with Gasteiger partial charge in [-0.15, -0.1) is 23.2 Å². The monoisotopic (exact) mass is 257 g/mol. The highest BCUT2D eigenvalue weighted by molar-refractivity contribution is 6.18. The lowest BCUT2D eigenvalue weighted by Gasteiger charge is -2.15. The highest BCUT2D eigenvalue weighted by Crippen LogP contribution is 1.96. The van der Waals surface area contributed by atoms with E-state index in [1.165, 1.54) is 4.90 Å². The maximum atomic E-state index is 5.68. The minimum absolute atomic E-state index is 0.